The number of carbonyl (C=O) groups is 4. The van der Waals surface area contributed by atoms with Crippen molar-refractivity contribution in [2.75, 3.05) is 28.4 Å². The van der Waals surface area contributed by atoms with Crippen LogP contribution in [0.2, 0.25) is 0 Å². The number of aliphatic imine (C=N–C) groups is 1. The highest BCUT2D eigenvalue weighted by Crippen LogP contribution is 2.56. The van der Waals surface area contributed by atoms with Crippen LogP contribution < -0.4 is 0 Å². The van der Waals surface area contributed by atoms with E-state index >= 15 is 0 Å². The van der Waals surface area contributed by atoms with E-state index in [0.717, 1.165) is 20.3 Å². The molecular weight excluding hydrogens is 660 g/mol. The highest BCUT2D eigenvalue weighted by molar-refractivity contribution is 6.53. The zero-order chi connectivity index (χ0) is 36.8. The maximum absolute atomic E-state index is 14.6. The number of aliphatic hydroxyl groups excluding tert-OH is 2. The molecule has 1 heterocycles. The van der Waals surface area contributed by atoms with E-state index in [1.807, 2.05) is 0 Å². The van der Waals surface area contributed by atoms with Crippen LogP contribution >= 0.6 is 0 Å². The first-order valence-electron chi connectivity index (χ1n) is 15.5. The van der Waals surface area contributed by atoms with Gasteiger partial charge in [0.15, 0.2) is 17.4 Å². The van der Waals surface area contributed by atoms with Crippen LogP contribution in [0, 0.1) is 12.3 Å². The summed E-state index contributed by atoms with van der Waals surface area (Å²) in [6.45, 7) is 3.08. The number of nitrogens with zero attached hydrogens (tertiary/aromatic N) is 1. The van der Waals surface area contributed by atoms with Gasteiger partial charge in [-0.15, -0.1) is 0 Å². The first kappa shape index (κ1) is 35.4. The predicted octanol–water partition coefficient (Wildman–Crippen LogP) is 0.293. The third kappa shape index (κ3) is 4.43. The number of hydrogen-bond acceptors (Lipinski definition) is 16. The normalized spacial score (nSPS) is 32.7. The van der Waals surface area contributed by atoms with Gasteiger partial charge in [0.25, 0.3) is 0 Å². The highest BCUT2D eigenvalue weighted by Gasteiger charge is 2.72. The maximum Gasteiger partial charge on any atom is 0.341 e. The van der Waals surface area contributed by atoms with Crippen molar-refractivity contribution < 1.29 is 68.4 Å². The van der Waals surface area contributed by atoms with E-state index < -0.39 is 123 Å². The maximum atomic E-state index is 14.6. The molecule has 8 atom stereocenters. The number of nitrogens with one attached hydrogen (secondary N) is 1. The summed E-state index contributed by atoms with van der Waals surface area (Å²) in [4.78, 5) is 60.1. The molecule has 0 saturated carbocycles. The number of hydrogen-bond donors (Lipinski definition) is 6. The Hall–Kier alpha value is -4.42. The van der Waals surface area contributed by atoms with Crippen molar-refractivity contribution in [1.82, 2.24) is 0 Å². The average molecular weight is 697 g/mol. The lowest BCUT2D eigenvalue weighted by atomic mass is 9.56. The van der Waals surface area contributed by atoms with Gasteiger partial charge in [-0.1, -0.05) is 6.07 Å². The van der Waals surface area contributed by atoms with Gasteiger partial charge in [-0.3, -0.25) is 19.4 Å². The molecule has 5 unspecified atom stereocenters. The van der Waals surface area contributed by atoms with E-state index in [0.29, 0.717) is 0 Å². The van der Waals surface area contributed by atoms with Crippen molar-refractivity contribution in [2.45, 2.75) is 74.6 Å². The minimum atomic E-state index is -3.20. The van der Waals surface area contributed by atoms with E-state index in [4.69, 9.17) is 29.1 Å². The molecule has 0 bridgehead atoms. The molecule has 2 aromatic rings. The summed E-state index contributed by atoms with van der Waals surface area (Å²) in [7, 11) is 4.68. The first-order chi connectivity index (χ1) is 23.6. The fourth-order valence-electron chi connectivity index (χ4n) is 7.94. The number of esters is 1. The number of benzene rings is 2. The van der Waals surface area contributed by atoms with Crippen LogP contribution in [0.15, 0.2) is 17.1 Å². The molecule has 0 radical (unpaired) electrons. The molecule has 1 saturated heterocycles. The second kappa shape index (κ2) is 12.1. The lowest BCUT2D eigenvalue weighted by molar-refractivity contribution is -0.228. The van der Waals surface area contributed by atoms with Crippen molar-refractivity contribution in [3.63, 3.8) is 0 Å². The zero-order valence-electron chi connectivity index (χ0n) is 27.9. The van der Waals surface area contributed by atoms with Gasteiger partial charge in [0.05, 0.1) is 30.6 Å². The molecule has 1 fully saturated rings. The number of Topliss-reactive ketones (excluding diaryl/α,β-unsaturated/α-hetero) is 3. The summed E-state index contributed by atoms with van der Waals surface area (Å²) in [5, 5.41) is 66.5. The van der Waals surface area contributed by atoms with Gasteiger partial charge in [0, 0.05) is 62.1 Å². The smallest absolute Gasteiger partial charge is 0.341 e. The van der Waals surface area contributed by atoms with E-state index in [2.05, 4.69) is 4.99 Å². The lowest BCUT2D eigenvalue weighted by Crippen LogP contribution is -2.73. The van der Waals surface area contributed by atoms with Crippen molar-refractivity contribution >= 4 is 34.7 Å². The summed E-state index contributed by atoms with van der Waals surface area (Å²) in [5.41, 5.74) is -9.70. The summed E-state index contributed by atoms with van der Waals surface area (Å²) in [6.07, 6.45) is -7.77. The van der Waals surface area contributed by atoms with Crippen LogP contribution in [0.25, 0.3) is 0 Å². The molecule has 0 aromatic heterocycles. The van der Waals surface area contributed by atoms with Gasteiger partial charge in [-0.2, -0.15) is 0 Å². The van der Waals surface area contributed by atoms with Gasteiger partial charge in [0.2, 0.25) is 17.3 Å². The average Bonchev–Trinajstić information content (AvgIpc) is 3.05. The molecular formula is C34H36N2O14. The molecule has 16 heteroatoms. The Morgan fingerprint density at radius 1 is 0.980 bits per heavy atom. The molecule has 4 aliphatic rings. The third-order valence-electron chi connectivity index (χ3n) is 10.3. The van der Waals surface area contributed by atoms with Gasteiger partial charge >= 0.3 is 5.97 Å². The molecule has 266 valence electrons. The second-order valence-corrected chi connectivity index (χ2v) is 12.7. The Kier molecular flexibility index (Phi) is 8.58. The molecule has 16 nitrogen and oxygen atoms in total. The molecule has 1 aliphatic heterocycles. The van der Waals surface area contributed by atoms with Crippen LogP contribution in [0.3, 0.4) is 0 Å². The van der Waals surface area contributed by atoms with Gasteiger partial charge in [-0.05, 0) is 31.0 Å². The monoisotopic (exact) mass is 696 g/mol. The molecule has 6 N–H and O–H groups in total. The number of aromatic hydroxyl groups is 2. The number of rotatable bonds is 5. The molecule has 0 spiro atoms. The van der Waals surface area contributed by atoms with Gasteiger partial charge in [-0.25, -0.2) is 4.79 Å². The van der Waals surface area contributed by atoms with E-state index in [1.54, 1.807) is 6.92 Å². The summed E-state index contributed by atoms with van der Waals surface area (Å²) < 4.78 is 26.9. The Labute approximate surface area is 284 Å². The molecule has 3 aliphatic carbocycles. The molecule has 6 rings (SSSR count). The van der Waals surface area contributed by atoms with E-state index in [9.17, 15) is 44.7 Å². The quantitative estimate of drug-likeness (QED) is 0.230. The standard InChI is InChI=1S/C34H36N2O14/c1-11-7-13-8-18(37)34(49-6)30(43)21-15(29(42)33(34,45)22(13)25(40)19(11)32(44)48-5)9-14-20(24(21)39)16(35)10-17(23(14)38)36-31-28(47-4)26(41)27(46-3)12(2)50-31/h7,9,12,18,26-28,31,35,37,39-41,45H,8,10H2,1-6H3/t12?,18-,26?,27?,28?,31?,33+,34-/m1/s1. The molecule has 0 amide bonds. The van der Waals surface area contributed by atoms with Crippen molar-refractivity contribution in [1.29, 1.82) is 5.41 Å². The number of fused-ring (bicyclic) bond motifs is 5. The largest absolute Gasteiger partial charge is 0.507 e. The van der Waals surface area contributed by atoms with Crippen LogP contribution in [-0.2, 0) is 35.7 Å². The molecule has 50 heavy (non-hydrogen) atoms. The minimum Gasteiger partial charge on any atom is -0.507 e. The third-order valence-corrected chi connectivity index (χ3v) is 10.3. The fraction of sp³-hybridized carbons (Fsp3) is 0.471. The summed E-state index contributed by atoms with van der Waals surface area (Å²) in [6, 6.07) is 2.27. The lowest BCUT2D eigenvalue weighted by Gasteiger charge is -2.53. The number of aliphatic hydroxyl groups is 3. The van der Waals surface area contributed by atoms with Crippen LogP contribution in [0.1, 0.15) is 77.0 Å². The first-order valence-corrected chi connectivity index (χ1v) is 15.5. The van der Waals surface area contributed by atoms with Gasteiger partial charge < -0.3 is 54.6 Å². The second-order valence-electron chi connectivity index (χ2n) is 12.7. The highest BCUT2D eigenvalue weighted by atomic mass is 16.6. The van der Waals surface area contributed by atoms with Gasteiger partial charge in [0.1, 0.15) is 35.4 Å². The Bertz CT molecular complexity index is 1920. The van der Waals surface area contributed by atoms with Crippen molar-refractivity contribution in [3.8, 4) is 11.5 Å². The number of phenolic OH excluding ortho intramolecular Hbond substituents is 2. The van der Waals surface area contributed by atoms with Crippen LogP contribution in [0.5, 0.6) is 11.5 Å². The number of carbonyl (C=O) groups excluding carboxylic acids is 4. The van der Waals surface area contributed by atoms with Crippen molar-refractivity contribution in [2.24, 2.45) is 4.99 Å². The Morgan fingerprint density at radius 2 is 1.64 bits per heavy atom. The zero-order valence-corrected chi connectivity index (χ0v) is 27.9. The SMILES string of the molecule is COC(=O)c1c(C)cc2c(c1O)[C@]1(O)C(=O)c3cc4c(c(O)c3C(=O)[C@]1(OC)[C@H](O)C2)C(=N)CC(=NC1OC(C)C(OC)C(O)C1OC)C4=O. The van der Waals surface area contributed by atoms with Crippen molar-refractivity contribution in [3.05, 3.63) is 56.6 Å². The Balaban J connectivity index is 1.55. The number of ether oxygens (including phenoxy) is 5. The molecule has 2 aromatic carbocycles. The summed E-state index contributed by atoms with van der Waals surface area (Å²) in [5.74, 6) is -6.35. The number of ketones is 3. The van der Waals surface area contributed by atoms with Crippen LogP contribution in [-0.4, -0.2) is 131 Å². The fourth-order valence-corrected chi connectivity index (χ4v) is 7.94. The van der Waals surface area contributed by atoms with Crippen LogP contribution in [0.4, 0.5) is 0 Å². The predicted molar refractivity (Wildman–Crippen MR) is 169 cm³/mol. The minimum absolute atomic E-state index is 0.0155. The summed E-state index contributed by atoms with van der Waals surface area (Å²) >= 11 is 0. The van der Waals surface area contributed by atoms with E-state index in [1.165, 1.54) is 27.2 Å². The number of phenols is 2. The topological polar surface area (TPSA) is 252 Å². The number of aryl methyl sites for hydroxylation is 1. The number of methoxy groups -OCH3 is 4. The Morgan fingerprint density at radius 3 is 2.24 bits per heavy atom. The van der Waals surface area contributed by atoms with E-state index in [-0.39, 0.29) is 28.1 Å².